The minimum absolute atomic E-state index is 0.0710. The van der Waals surface area contributed by atoms with E-state index in [1.807, 2.05) is 6.92 Å². The van der Waals surface area contributed by atoms with Gasteiger partial charge >= 0.3 is 10.2 Å². The number of amides is 1. The lowest BCUT2D eigenvalue weighted by molar-refractivity contribution is -0.131. The Morgan fingerprint density at radius 2 is 1.89 bits per heavy atom. The summed E-state index contributed by atoms with van der Waals surface area (Å²) in [5.41, 5.74) is 0.798. The van der Waals surface area contributed by atoms with Crippen molar-refractivity contribution in [2.24, 2.45) is 4.40 Å². The van der Waals surface area contributed by atoms with Gasteiger partial charge in [0.1, 0.15) is 5.70 Å². The van der Waals surface area contributed by atoms with Crippen LogP contribution in [0.15, 0.2) is 34.4 Å². The normalized spacial score (nSPS) is 21.6. The summed E-state index contributed by atoms with van der Waals surface area (Å²) in [7, 11) is 0.356. The third-order valence-corrected chi connectivity index (χ3v) is 6.45. The number of hydrogen-bond acceptors (Lipinski definition) is 5. The van der Waals surface area contributed by atoms with Crippen LogP contribution in [0, 0.1) is 0 Å². The van der Waals surface area contributed by atoms with Crippen molar-refractivity contribution in [2.45, 2.75) is 32.2 Å². The number of likely N-dealkylation sites (N-methyl/N-ethyl adjacent to an activating group) is 1. The van der Waals surface area contributed by atoms with Crippen molar-refractivity contribution in [3.8, 4) is 11.5 Å². The van der Waals surface area contributed by atoms with Crippen LogP contribution in [0.4, 0.5) is 0 Å². The Labute approximate surface area is 165 Å². The third kappa shape index (κ3) is 3.71. The van der Waals surface area contributed by atoms with Crippen LogP contribution >= 0.6 is 0 Å². The SMILES string of the molecule is COc1ccc(C2=NS(=O)(=O)N(C)C(C(=O)N3CCCCC3C)=C2)cc1OC. The molecule has 0 aliphatic carbocycles. The van der Waals surface area contributed by atoms with Gasteiger partial charge in [0.25, 0.3) is 5.91 Å². The summed E-state index contributed by atoms with van der Waals surface area (Å²) in [4.78, 5) is 14.8. The average Bonchev–Trinajstić information content (AvgIpc) is 2.69. The lowest BCUT2D eigenvalue weighted by atomic mass is 10.0. The van der Waals surface area contributed by atoms with Crippen molar-refractivity contribution in [3.63, 3.8) is 0 Å². The molecule has 1 fully saturated rings. The maximum Gasteiger partial charge on any atom is 0.345 e. The van der Waals surface area contributed by atoms with Crippen molar-refractivity contribution >= 4 is 21.8 Å². The third-order valence-electron chi connectivity index (χ3n) is 5.13. The minimum Gasteiger partial charge on any atom is -0.493 e. The fraction of sp³-hybridized carbons (Fsp3) is 0.474. The molecule has 0 N–H and O–H groups in total. The monoisotopic (exact) mass is 407 g/mol. The van der Waals surface area contributed by atoms with Crippen molar-refractivity contribution in [1.82, 2.24) is 9.21 Å². The van der Waals surface area contributed by atoms with E-state index in [-0.39, 0.29) is 23.4 Å². The number of carbonyl (C=O) groups is 1. The number of ether oxygens (including phenoxy) is 2. The minimum atomic E-state index is -4.01. The van der Waals surface area contributed by atoms with Crippen LogP contribution in [0.5, 0.6) is 11.5 Å². The maximum atomic E-state index is 13.1. The van der Waals surface area contributed by atoms with Gasteiger partial charge in [-0.25, -0.2) is 4.31 Å². The van der Waals surface area contributed by atoms with E-state index in [0.29, 0.717) is 23.6 Å². The Kier molecular flexibility index (Phi) is 5.64. The quantitative estimate of drug-likeness (QED) is 0.761. The zero-order chi connectivity index (χ0) is 20.5. The molecule has 1 atom stereocenters. The molecule has 0 aromatic heterocycles. The van der Waals surface area contributed by atoms with Crippen molar-refractivity contribution in [3.05, 3.63) is 35.5 Å². The molecule has 0 saturated carbocycles. The molecule has 1 amide bonds. The predicted octanol–water partition coefficient (Wildman–Crippen LogP) is 1.97. The zero-order valence-corrected chi connectivity index (χ0v) is 17.3. The second kappa shape index (κ2) is 7.83. The Balaban J connectivity index is 2.03. The maximum absolute atomic E-state index is 13.1. The van der Waals surface area contributed by atoms with Crippen LogP contribution < -0.4 is 9.47 Å². The molecule has 0 bridgehead atoms. The first-order chi connectivity index (χ1) is 13.3. The van der Waals surface area contributed by atoms with Crippen LogP contribution in [-0.2, 0) is 15.0 Å². The fourth-order valence-electron chi connectivity index (χ4n) is 3.43. The Hall–Kier alpha value is -2.55. The van der Waals surface area contributed by atoms with E-state index in [9.17, 15) is 13.2 Å². The number of piperidine rings is 1. The van der Waals surface area contributed by atoms with Crippen LogP contribution in [-0.4, -0.2) is 63.1 Å². The Morgan fingerprint density at radius 3 is 2.54 bits per heavy atom. The van der Waals surface area contributed by atoms with Gasteiger partial charge in [0.05, 0.1) is 19.9 Å². The predicted molar refractivity (Wildman–Crippen MR) is 106 cm³/mol. The largest absolute Gasteiger partial charge is 0.493 e. The molecule has 0 spiro atoms. The molecule has 2 aliphatic heterocycles. The topological polar surface area (TPSA) is 88.5 Å². The smallest absolute Gasteiger partial charge is 0.345 e. The molecule has 28 heavy (non-hydrogen) atoms. The van der Waals surface area contributed by atoms with E-state index in [1.54, 1.807) is 23.1 Å². The highest BCUT2D eigenvalue weighted by molar-refractivity contribution is 7.88. The van der Waals surface area contributed by atoms with Gasteiger partial charge in [-0.1, -0.05) is 0 Å². The highest BCUT2D eigenvalue weighted by Crippen LogP contribution is 2.30. The number of allylic oxidation sites excluding steroid dienone is 1. The van der Waals surface area contributed by atoms with E-state index in [2.05, 4.69) is 4.40 Å². The van der Waals surface area contributed by atoms with Gasteiger partial charge in [0.15, 0.2) is 11.5 Å². The molecule has 1 aromatic carbocycles. The molecule has 3 rings (SSSR count). The molecule has 8 nitrogen and oxygen atoms in total. The van der Waals surface area contributed by atoms with Crippen LogP contribution in [0.1, 0.15) is 31.7 Å². The van der Waals surface area contributed by atoms with Gasteiger partial charge in [0.2, 0.25) is 0 Å². The summed E-state index contributed by atoms with van der Waals surface area (Å²) in [5, 5.41) is 0. The lowest BCUT2D eigenvalue weighted by Crippen LogP contribution is -2.46. The van der Waals surface area contributed by atoms with Crippen molar-refractivity contribution in [2.75, 3.05) is 27.8 Å². The molecule has 0 radical (unpaired) electrons. The highest BCUT2D eigenvalue weighted by Gasteiger charge is 2.34. The van der Waals surface area contributed by atoms with Crippen molar-refractivity contribution in [1.29, 1.82) is 0 Å². The standard InChI is InChI=1S/C19H25N3O5S/c1-13-7-5-6-10-22(13)19(23)16-12-15(20-28(24,25)21(16)2)14-8-9-17(26-3)18(11-14)27-4/h8-9,11-13H,5-7,10H2,1-4H3. The van der Waals surface area contributed by atoms with Gasteiger partial charge < -0.3 is 14.4 Å². The number of rotatable bonds is 4. The number of hydrogen-bond donors (Lipinski definition) is 0. The summed E-state index contributed by atoms with van der Waals surface area (Å²) in [6, 6.07) is 5.06. The molecule has 152 valence electrons. The van der Waals surface area contributed by atoms with E-state index < -0.39 is 10.2 Å². The van der Waals surface area contributed by atoms with Gasteiger partial charge in [-0.15, -0.1) is 4.40 Å². The lowest BCUT2D eigenvalue weighted by Gasteiger charge is -2.36. The molecule has 2 heterocycles. The van der Waals surface area contributed by atoms with E-state index in [1.165, 1.54) is 27.3 Å². The first-order valence-corrected chi connectivity index (χ1v) is 10.5. The van der Waals surface area contributed by atoms with Gasteiger partial charge in [-0.2, -0.15) is 8.42 Å². The summed E-state index contributed by atoms with van der Waals surface area (Å²) in [6.07, 6.45) is 4.41. The highest BCUT2D eigenvalue weighted by atomic mass is 32.2. The van der Waals surface area contributed by atoms with Crippen molar-refractivity contribution < 1.29 is 22.7 Å². The molecule has 2 aliphatic rings. The number of methoxy groups -OCH3 is 2. The Bertz CT molecular complexity index is 939. The fourth-order valence-corrected chi connectivity index (χ4v) is 4.34. The second-order valence-electron chi connectivity index (χ2n) is 6.86. The molecule has 1 unspecified atom stereocenters. The number of benzene rings is 1. The zero-order valence-electron chi connectivity index (χ0n) is 16.5. The first kappa shape index (κ1) is 20.2. The number of nitrogens with zero attached hydrogens (tertiary/aromatic N) is 3. The van der Waals surface area contributed by atoms with E-state index in [4.69, 9.17) is 9.47 Å². The summed E-state index contributed by atoms with van der Waals surface area (Å²) < 4.78 is 40.5. The van der Waals surface area contributed by atoms with Gasteiger partial charge in [-0.05, 0) is 50.5 Å². The van der Waals surface area contributed by atoms with Gasteiger partial charge in [0, 0.05) is 25.2 Å². The Morgan fingerprint density at radius 1 is 1.18 bits per heavy atom. The second-order valence-corrected chi connectivity index (χ2v) is 8.49. The average molecular weight is 407 g/mol. The first-order valence-electron chi connectivity index (χ1n) is 9.12. The van der Waals surface area contributed by atoms with Crippen LogP contribution in [0.3, 0.4) is 0 Å². The van der Waals surface area contributed by atoms with E-state index >= 15 is 0 Å². The molecule has 1 aromatic rings. The molecular weight excluding hydrogens is 382 g/mol. The van der Waals surface area contributed by atoms with Crippen LogP contribution in [0.2, 0.25) is 0 Å². The van der Waals surface area contributed by atoms with Gasteiger partial charge in [-0.3, -0.25) is 4.79 Å². The molecule has 9 heteroatoms. The molecular formula is C19H25N3O5S. The number of likely N-dealkylation sites (tertiary alicyclic amines) is 1. The summed E-state index contributed by atoms with van der Waals surface area (Å²) in [6.45, 7) is 2.60. The van der Waals surface area contributed by atoms with E-state index in [0.717, 1.165) is 23.6 Å². The van der Waals surface area contributed by atoms with Crippen LogP contribution in [0.25, 0.3) is 0 Å². The molecule has 1 saturated heterocycles. The summed E-state index contributed by atoms with van der Waals surface area (Å²) in [5.74, 6) is 0.668. The number of carbonyl (C=O) groups excluding carboxylic acids is 1. The summed E-state index contributed by atoms with van der Waals surface area (Å²) >= 11 is 0.